The molecule has 1 heterocycles. The lowest BCUT2D eigenvalue weighted by Gasteiger charge is -2.25. The van der Waals surface area contributed by atoms with Crippen LogP contribution in [-0.2, 0) is 24.6 Å². The summed E-state index contributed by atoms with van der Waals surface area (Å²) in [6.45, 7) is 10.1. The van der Waals surface area contributed by atoms with Crippen molar-refractivity contribution >= 4 is 5.71 Å². The minimum Gasteiger partial charge on any atom is -0.493 e. The van der Waals surface area contributed by atoms with Gasteiger partial charge < -0.3 is 9.47 Å². The Balaban J connectivity index is 1.81. The summed E-state index contributed by atoms with van der Waals surface area (Å²) >= 11 is 0. The van der Waals surface area contributed by atoms with E-state index >= 15 is 0 Å². The van der Waals surface area contributed by atoms with E-state index in [0.717, 1.165) is 41.9 Å². The Kier molecular flexibility index (Phi) is 7.40. The lowest BCUT2D eigenvalue weighted by atomic mass is 9.83. The van der Waals surface area contributed by atoms with Gasteiger partial charge in [-0.15, -0.1) is 0 Å². The standard InChI is InChI=1S/C31H35F3NO2/c1-20(22-9-13-24(14-10-22)30(2,3)4)29-26-18-28(37-6)27(36-5)17-23(26)15-16-35(29)19-21-7-11-25(12-8-21)31(32,33)34/h7-14,17-18,20H,15-16,19H2,1-6H3/q+1. The molecule has 0 amide bonds. The summed E-state index contributed by atoms with van der Waals surface area (Å²) < 4.78 is 52.8. The van der Waals surface area contributed by atoms with Crippen molar-refractivity contribution < 1.29 is 27.2 Å². The average molecular weight is 511 g/mol. The monoisotopic (exact) mass is 510 g/mol. The molecule has 0 aromatic heterocycles. The Bertz CT molecular complexity index is 1280. The van der Waals surface area contributed by atoms with Gasteiger partial charge in [-0.1, -0.05) is 57.2 Å². The van der Waals surface area contributed by atoms with Gasteiger partial charge in [0.2, 0.25) is 0 Å². The molecule has 1 atom stereocenters. The molecule has 4 rings (SSSR count). The summed E-state index contributed by atoms with van der Waals surface area (Å²) in [4.78, 5) is 0. The molecule has 37 heavy (non-hydrogen) atoms. The summed E-state index contributed by atoms with van der Waals surface area (Å²) in [5.41, 5.74) is 6.11. The predicted octanol–water partition coefficient (Wildman–Crippen LogP) is 7.38. The fourth-order valence-electron chi connectivity index (χ4n) is 5.03. The van der Waals surface area contributed by atoms with E-state index in [1.165, 1.54) is 16.7 Å². The van der Waals surface area contributed by atoms with E-state index in [9.17, 15) is 13.2 Å². The molecule has 1 aliphatic rings. The molecule has 0 radical (unpaired) electrons. The molecule has 0 saturated heterocycles. The van der Waals surface area contributed by atoms with E-state index in [0.29, 0.717) is 18.0 Å². The summed E-state index contributed by atoms with van der Waals surface area (Å²) in [6.07, 6.45) is -3.54. The normalized spacial score (nSPS) is 14.8. The van der Waals surface area contributed by atoms with Gasteiger partial charge in [0.15, 0.2) is 23.8 Å². The first-order valence-electron chi connectivity index (χ1n) is 12.6. The van der Waals surface area contributed by atoms with Crippen molar-refractivity contribution in [2.24, 2.45) is 0 Å². The molecule has 3 nitrogen and oxygen atoms in total. The van der Waals surface area contributed by atoms with Crippen molar-refractivity contribution in [2.45, 2.75) is 58.2 Å². The molecule has 1 aliphatic heterocycles. The van der Waals surface area contributed by atoms with Gasteiger partial charge in [0, 0.05) is 17.5 Å². The maximum absolute atomic E-state index is 13.1. The Morgan fingerprint density at radius 1 is 0.838 bits per heavy atom. The van der Waals surface area contributed by atoms with E-state index in [4.69, 9.17) is 9.47 Å². The van der Waals surface area contributed by atoms with Crippen molar-refractivity contribution in [3.05, 3.63) is 94.0 Å². The lowest BCUT2D eigenvalue weighted by molar-refractivity contribution is -0.546. The molecular weight excluding hydrogens is 475 g/mol. The van der Waals surface area contributed by atoms with Crippen LogP contribution in [0.5, 0.6) is 11.5 Å². The number of rotatable bonds is 6. The van der Waals surface area contributed by atoms with Crippen LogP contribution in [0, 0.1) is 0 Å². The topological polar surface area (TPSA) is 21.5 Å². The zero-order valence-electron chi connectivity index (χ0n) is 22.4. The zero-order valence-corrected chi connectivity index (χ0v) is 22.4. The van der Waals surface area contributed by atoms with Crippen molar-refractivity contribution in [3.63, 3.8) is 0 Å². The molecule has 0 bridgehead atoms. The largest absolute Gasteiger partial charge is 0.493 e. The molecule has 0 aliphatic carbocycles. The quantitative estimate of drug-likeness (QED) is 0.323. The molecule has 0 saturated carbocycles. The van der Waals surface area contributed by atoms with Gasteiger partial charge in [-0.2, -0.15) is 13.2 Å². The number of fused-ring (bicyclic) bond motifs is 1. The molecule has 0 N–H and O–H groups in total. The minimum atomic E-state index is -4.34. The second-order valence-corrected chi connectivity index (χ2v) is 10.7. The average Bonchev–Trinajstić information content (AvgIpc) is 2.86. The van der Waals surface area contributed by atoms with E-state index in [1.807, 2.05) is 12.1 Å². The van der Waals surface area contributed by atoms with Crippen molar-refractivity contribution in [2.75, 3.05) is 20.8 Å². The molecule has 0 spiro atoms. The van der Waals surface area contributed by atoms with Gasteiger partial charge in [0.1, 0.15) is 6.54 Å². The number of halogens is 3. The van der Waals surface area contributed by atoms with Crippen LogP contribution >= 0.6 is 0 Å². The van der Waals surface area contributed by atoms with Crippen LogP contribution in [0.4, 0.5) is 13.2 Å². The molecule has 1 unspecified atom stereocenters. The van der Waals surface area contributed by atoms with Gasteiger partial charge in [-0.25, -0.2) is 4.58 Å². The first-order valence-corrected chi connectivity index (χ1v) is 12.6. The fraction of sp³-hybridized carbons (Fsp3) is 0.387. The van der Waals surface area contributed by atoms with Crippen molar-refractivity contribution in [1.29, 1.82) is 0 Å². The minimum absolute atomic E-state index is 0.0561. The SMILES string of the molecule is COc1cc2c(cc1OC)C(C(C)c1ccc(C(C)(C)C)cc1)=[N+](Cc1ccc(C(F)(F)F)cc1)CC2. The first-order chi connectivity index (χ1) is 17.4. The van der Waals surface area contributed by atoms with Gasteiger partial charge in [-0.3, -0.25) is 0 Å². The van der Waals surface area contributed by atoms with Crippen molar-refractivity contribution in [1.82, 2.24) is 0 Å². The van der Waals surface area contributed by atoms with Gasteiger partial charge in [0.25, 0.3) is 0 Å². The number of ether oxygens (including phenoxy) is 2. The molecule has 6 heteroatoms. The van der Waals surface area contributed by atoms with E-state index in [1.54, 1.807) is 26.4 Å². The second-order valence-electron chi connectivity index (χ2n) is 10.7. The Morgan fingerprint density at radius 3 is 1.95 bits per heavy atom. The lowest BCUT2D eigenvalue weighted by Crippen LogP contribution is -2.33. The number of hydrogen-bond acceptors (Lipinski definition) is 2. The summed E-state index contributed by atoms with van der Waals surface area (Å²) in [5, 5.41) is 0. The Morgan fingerprint density at radius 2 is 1.41 bits per heavy atom. The van der Waals surface area contributed by atoms with Crippen LogP contribution in [0.1, 0.15) is 67.0 Å². The van der Waals surface area contributed by atoms with Crippen LogP contribution in [-0.4, -0.2) is 31.1 Å². The highest BCUT2D eigenvalue weighted by Gasteiger charge is 2.34. The Labute approximate surface area is 217 Å². The third kappa shape index (κ3) is 5.68. The van der Waals surface area contributed by atoms with Crippen LogP contribution in [0.2, 0.25) is 0 Å². The number of nitrogens with zero attached hydrogens (tertiary/aromatic N) is 1. The van der Waals surface area contributed by atoms with Crippen LogP contribution in [0.25, 0.3) is 0 Å². The predicted molar refractivity (Wildman–Crippen MR) is 141 cm³/mol. The van der Waals surface area contributed by atoms with E-state index in [2.05, 4.69) is 56.5 Å². The number of methoxy groups -OCH3 is 2. The molecule has 3 aromatic rings. The fourth-order valence-corrected chi connectivity index (χ4v) is 5.03. The van der Waals surface area contributed by atoms with Gasteiger partial charge in [0.05, 0.1) is 25.7 Å². The maximum Gasteiger partial charge on any atom is 0.416 e. The van der Waals surface area contributed by atoms with Crippen LogP contribution in [0.3, 0.4) is 0 Å². The number of benzene rings is 3. The number of alkyl halides is 3. The summed E-state index contributed by atoms with van der Waals surface area (Å²) in [6, 6.07) is 18.3. The third-order valence-corrected chi connectivity index (χ3v) is 7.22. The molecule has 3 aromatic carbocycles. The molecular formula is C31H35F3NO2+. The highest BCUT2D eigenvalue weighted by atomic mass is 19.4. The van der Waals surface area contributed by atoms with Crippen LogP contribution in [0.15, 0.2) is 60.7 Å². The Hall–Kier alpha value is -3.28. The van der Waals surface area contributed by atoms with Crippen LogP contribution < -0.4 is 9.47 Å². The summed E-state index contributed by atoms with van der Waals surface area (Å²) in [5.74, 6) is 1.41. The third-order valence-electron chi connectivity index (χ3n) is 7.22. The van der Waals surface area contributed by atoms with Crippen molar-refractivity contribution in [3.8, 4) is 11.5 Å². The highest BCUT2D eigenvalue weighted by Crippen LogP contribution is 2.36. The van der Waals surface area contributed by atoms with Gasteiger partial charge >= 0.3 is 6.18 Å². The second kappa shape index (κ2) is 10.2. The highest BCUT2D eigenvalue weighted by molar-refractivity contribution is 6.03. The number of hydrogen-bond donors (Lipinski definition) is 0. The summed E-state index contributed by atoms with van der Waals surface area (Å²) in [7, 11) is 3.26. The zero-order chi connectivity index (χ0) is 27.0. The van der Waals surface area contributed by atoms with E-state index < -0.39 is 11.7 Å². The smallest absolute Gasteiger partial charge is 0.416 e. The van der Waals surface area contributed by atoms with Gasteiger partial charge in [-0.05, 0) is 53.3 Å². The first kappa shape index (κ1) is 26.8. The molecule has 0 fully saturated rings. The van der Waals surface area contributed by atoms with E-state index in [-0.39, 0.29) is 11.3 Å². The maximum atomic E-state index is 13.1. The molecule has 196 valence electrons.